The highest BCUT2D eigenvalue weighted by molar-refractivity contribution is 7.16. The van der Waals surface area contributed by atoms with Crippen molar-refractivity contribution in [3.8, 4) is 0 Å². The highest BCUT2D eigenvalue weighted by atomic mass is 32.1. The molecule has 0 aliphatic carbocycles. The molecule has 1 fully saturated rings. The Kier molecular flexibility index (Phi) is 4.80. The van der Waals surface area contributed by atoms with Gasteiger partial charge < -0.3 is 5.11 Å². The van der Waals surface area contributed by atoms with Gasteiger partial charge >= 0.3 is 5.97 Å². The molecule has 1 atom stereocenters. The molecule has 7 heteroatoms. The van der Waals surface area contributed by atoms with Gasteiger partial charge in [0.1, 0.15) is 0 Å². The van der Waals surface area contributed by atoms with E-state index in [0.29, 0.717) is 18.0 Å². The first-order valence-corrected chi connectivity index (χ1v) is 9.85. The van der Waals surface area contributed by atoms with E-state index >= 15 is 0 Å². The summed E-state index contributed by atoms with van der Waals surface area (Å²) in [6.45, 7) is 4.50. The summed E-state index contributed by atoms with van der Waals surface area (Å²) in [5.74, 6) is -0.529. The van der Waals surface area contributed by atoms with Crippen LogP contribution in [0.4, 0.5) is 0 Å². The largest absolute Gasteiger partial charge is 0.478 e. The van der Waals surface area contributed by atoms with Crippen molar-refractivity contribution < 1.29 is 9.90 Å². The Morgan fingerprint density at radius 3 is 2.85 bits per heavy atom. The Morgan fingerprint density at radius 2 is 2.11 bits per heavy atom. The van der Waals surface area contributed by atoms with Gasteiger partial charge in [0, 0.05) is 30.2 Å². The second-order valence-electron chi connectivity index (χ2n) is 7.08. The Bertz CT molecular complexity index is 1040. The Balaban J connectivity index is 1.50. The number of hydrogen-bond donors (Lipinski definition) is 1. The molecule has 6 nitrogen and oxygen atoms in total. The number of carboxylic acid groups (broad SMARTS) is 1. The standard InChI is InChI=1S/C20H21N3O3S/c1-13-10-23-18(24)9-17(21-20(23)27-13)12-22-8-2-3-16(11-22)14-4-6-15(7-5-14)19(25)26/h4-7,9-10,16H,2-3,8,11-12H2,1H3,(H,25,26)/t16-/m0/s1. The van der Waals surface area contributed by atoms with E-state index < -0.39 is 5.97 Å². The summed E-state index contributed by atoms with van der Waals surface area (Å²) in [6, 6.07) is 8.81. The molecule has 0 unspecified atom stereocenters. The molecule has 4 rings (SSSR count). The number of nitrogens with zero attached hydrogens (tertiary/aromatic N) is 3. The van der Waals surface area contributed by atoms with Gasteiger partial charge in [-0.1, -0.05) is 12.1 Å². The summed E-state index contributed by atoms with van der Waals surface area (Å²) in [5, 5.41) is 9.05. The third kappa shape index (κ3) is 3.79. The Morgan fingerprint density at radius 1 is 1.33 bits per heavy atom. The maximum absolute atomic E-state index is 12.3. The van der Waals surface area contributed by atoms with Gasteiger partial charge in [-0.2, -0.15) is 0 Å². The topological polar surface area (TPSA) is 74.9 Å². The van der Waals surface area contributed by atoms with Crippen LogP contribution < -0.4 is 5.56 Å². The van der Waals surface area contributed by atoms with Crippen LogP contribution in [0.5, 0.6) is 0 Å². The number of fused-ring (bicyclic) bond motifs is 1. The zero-order chi connectivity index (χ0) is 19.0. The van der Waals surface area contributed by atoms with Gasteiger partial charge in [0.05, 0.1) is 11.3 Å². The van der Waals surface area contributed by atoms with Gasteiger partial charge in [0.2, 0.25) is 0 Å². The lowest BCUT2D eigenvalue weighted by Gasteiger charge is -2.32. The van der Waals surface area contributed by atoms with Gasteiger partial charge in [-0.15, -0.1) is 11.3 Å². The number of aromatic carboxylic acids is 1. The molecule has 0 amide bonds. The molecule has 1 aliphatic heterocycles. The average molecular weight is 383 g/mol. The van der Waals surface area contributed by atoms with Crippen LogP contribution in [-0.4, -0.2) is 38.4 Å². The molecule has 1 aromatic carbocycles. The minimum Gasteiger partial charge on any atom is -0.478 e. The van der Waals surface area contributed by atoms with Gasteiger partial charge in [-0.25, -0.2) is 9.78 Å². The molecule has 3 aromatic rings. The van der Waals surface area contributed by atoms with E-state index in [1.165, 1.54) is 16.9 Å². The summed E-state index contributed by atoms with van der Waals surface area (Å²) < 4.78 is 1.60. The molecule has 27 heavy (non-hydrogen) atoms. The van der Waals surface area contributed by atoms with Crippen molar-refractivity contribution in [1.82, 2.24) is 14.3 Å². The normalized spacial score (nSPS) is 18.0. The van der Waals surface area contributed by atoms with Crippen molar-refractivity contribution in [3.05, 3.63) is 68.6 Å². The number of carboxylic acids is 1. The van der Waals surface area contributed by atoms with Crippen LogP contribution in [0.15, 0.2) is 41.3 Å². The van der Waals surface area contributed by atoms with Gasteiger partial charge in [0.25, 0.3) is 5.56 Å². The van der Waals surface area contributed by atoms with Gasteiger partial charge in [0.15, 0.2) is 4.96 Å². The number of hydrogen-bond acceptors (Lipinski definition) is 5. The third-order valence-electron chi connectivity index (χ3n) is 5.06. The van der Waals surface area contributed by atoms with E-state index in [2.05, 4.69) is 9.88 Å². The SMILES string of the molecule is Cc1cn2c(=O)cc(CN3CCC[C@H](c4ccc(C(=O)O)cc4)C3)nc2s1. The van der Waals surface area contributed by atoms with Crippen molar-refractivity contribution in [2.45, 2.75) is 32.2 Å². The van der Waals surface area contributed by atoms with E-state index in [1.54, 1.807) is 22.6 Å². The molecule has 2 aromatic heterocycles. The number of carbonyl (C=O) groups is 1. The van der Waals surface area contributed by atoms with E-state index in [4.69, 9.17) is 5.11 Å². The van der Waals surface area contributed by atoms with Crippen LogP contribution in [0.1, 0.15) is 45.3 Å². The zero-order valence-electron chi connectivity index (χ0n) is 15.1. The van der Waals surface area contributed by atoms with Crippen molar-refractivity contribution >= 4 is 22.3 Å². The summed E-state index contributed by atoms with van der Waals surface area (Å²) in [7, 11) is 0. The van der Waals surface area contributed by atoms with Crippen LogP contribution in [-0.2, 0) is 6.54 Å². The monoisotopic (exact) mass is 383 g/mol. The number of aromatic nitrogens is 2. The van der Waals surface area contributed by atoms with Crippen molar-refractivity contribution in [2.24, 2.45) is 0 Å². The molecule has 0 spiro atoms. The molecule has 0 saturated carbocycles. The van der Waals surface area contributed by atoms with E-state index in [9.17, 15) is 9.59 Å². The van der Waals surface area contributed by atoms with Crippen LogP contribution in [0.2, 0.25) is 0 Å². The maximum atomic E-state index is 12.3. The average Bonchev–Trinajstić information content (AvgIpc) is 3.03. The van der Waals surface area contributed by atoms with Crippen LogP contribution >= 0.6 is 11.3 Å². The van der Waals surface area contributed by atoms with E-state index in [-0.39, 0.29) is 5.56 Å². The highest BCUT2D eigenvalue weighted by Gasteiger charge is 2.22. The predicted molar refractivity (Wildman–Crippen MR) is 105 cm³/mol. The Labute approximate surface area is 160 Å². The number of thiazole rings is 1. The third-order valence-corrected chi connectivity index (χ3v) is 5.95. The fraction of sp³-hybridized carbons (Fsp3) is 0.350. The minimum atomic E-state index is -0.900. The van der Waals surface area contributed by atoms with Crippen molar-refractivity contribution in [3.63, 3.8) is 0 Å². The molecular formula is C20H21N3O3S. The maximum Gasteiger partial charge on any atom is 0.335 e. The minimum absolute atomic E-state index is 0.0304. The number of benzene rings is 1. The quantitative estimate of drug-likeness (QED) is 0.749. The summed E-state index contributed by atoms with van der Waals surface area (Å²) in [6.07, 6.45) is 3.99. The highest BCUT2D eigenvalue weighted by Crippen LogP contribution is 2.28. The first-order chi connectivity index (χ1) is 13.0. The second kappa shape index (κ2) is 7.25. The summed E-state index contributed by atoms with van der Waals surface area (Å²) in [5.41, 5.74) is 2.26. The van der Waals surface area contributed by atoms with Crippen LogP contribution in [0.25, 0.3) is 4.96 Å². The van der Waals surface area contributed by atoms with Crippen LogP contribution in [0.3, 0.4) is 0 Å². The second-order valence-corrected chi connectivity index (χ2v) is 8.29. The molecule has 140 valence electrons. The molecule has 3 heterocycles. The van der Waals surface area contributed by atoms with Crippen molar-refractivity contribution in [2.75, 3.05) is 13.1 Å². The zero-order valence-corrected chi connectivity index (χ0v) is 15.9. The molecular weight excluding hydrogens is 362 g/mol. The number of piperidine rings is 1. The fourth-order valence-electron chi connectivity index (χ4n) is 3.74. The molecule has 1 N–H and O–H groups in total. The molecule has 1 saturated heterocycles. The Hall–Kier alpha value is -2.51. The molecule has 0 radical (unpaired) electrons. The molecule has 1 aliphatic rings. The first-order valence-electron chi connectivity index (χ1n) is 9.04. The van der Waals surface area contributed by atoms with Gasteiger partial charge in [-0.3, -0.25) is 14.1 Å². The lowest BCUT2D eigenvalue weighted by molar-refractivity contribution is 0.0697. The number of rotatable bonds is 4. The fourth-order valence-corrected chi connectivity index (χ4v) is 4.59. The number of likely N-dealkylation sites (tertiary alicyclic amines) is 1. The smallest absolute Gasteiger partial charge is 0.335 e. The van der Waals surface area contributed by atoms with E-state index in [0.717, 1.165) is 41.5 Å². The summed E-state index contributed by atoms with van der Waals surface area (Å²) >= 11 is 1.53. The number of aryl methyl sites for hydroxylation is 1. The predicted octanol–water partition coefficient (Wildman–Crippen LogP) is 3.14. The molecule has 0 bridgehead atoms. The van der Waals surface area contributed by atoms with Crippen LogP contribution in [0, 0.1) is 6.92 Å². The summed E-state index contributed by atoms with van der Waals surface area (Å²) in [4.78, 5) is 32.1. The first kappa shape index (κ1) is 17.9. The lowest BCUT2D eigenvalue weighted by Crippen LogP contribution is -2.34. The van der Waals surface area contributed by atoms with Crippen molar-refractivity contribution in [1.29, 1.82) is 0 Å². The van der Waals surface area contributed by atoms with E-state index in [1.807, 2.05) is 25.3 Å². The lowest BCUT2D eigenvalue weighted by atomic mass is 9.90. The van der Waals surface area contributed by atoms with Gasteiger partial charge in [-0.05, 0) is 49.9 Å².